The fourth-order valence-electron chi connectivity index (χ4n) is 3.83. The summed E-state index contributed by atoms with van der Waals surface area (Å²) in [6, 6.07) is 8.25. The van der Waals surface area contributed by atoms with Gasteiger partial charge in [0.05, 0.1) is 30.8 Å². The second-order valence-electron chi connectivity index (χ2n) is 9.42. The van der Waals surface area contributed by atoms with Crippen LogP contribution in [0, 0.1) is 16.0 Å². The van der Waals surface area contributed by atoms with Crippen molar-refractivity contribution >= 4 is 29.1 Å². The number of aliphatic hydroxyl groups is 2. The molecule has 4 N–H and O–H groups in total. The van der Waals surface area contributed by atoms with E-state index in [2.05, 4.69) is 10.6 Å². The highest BCUT2D eigenvalue weighted by atomic mass is 16.6. The smallest absolute Gasteiger partial charge is 0.269 e. The van der Waals surface area contributed by atoms with Crippen molar-refractivity contribution in [2.45, 2.75) is 38.0 Å². The Morgan fingerprint density at radius 3 is 2.16 bits per heavy atom. The van der Waals surface area contributed by atoms with Crippen LogP contribution in [0.25, 0.3) is 0 Å². The fourth-order valence-corrected chi connectivity index (χ4v) is 3.83. The first-order chi connectivity index (χ1) is 18.0. The van der Waals surface area contributed by atoms with Crippen molar-refractivity contribution < 1.29 is 39.1 Å². The molecule has 0 spiro atoms. The predicted octanol–water partition coefficient (Wildman–Crippen LogP) is 0.778. The van der Waals surface area contributed by atoms with Crippen LogP contribution in [0.15, 0.2) is 48.5 Å². The van der Waals surface area contributed by atoms with Gasteiger partial charge in [-0.1, -0.05) is 26.0 Å². The molecule has 0 saturated carbocycles. The number of benzene rings is 2. The standard InChI is InChI=1S/C26H29N3O9/c1-15(2)10-20(23(33)26(13-31)14-38-26)27-25(35)21(12-30)28-24(34)18-5-3-4-17(11-18)22(32)16-6-8-19(9-7-16)29(36)37/h3-9,11,15,20-21,30-31H,10,12-14H2,1-2H3,(H,27,35)(H,28,34)/t20?,21-,26?/m0/s1. The number of nitrogens with one attached hydrogen (secondary N) is 2. The number of hydrogen-bond acceptors (Lipinski definition) is 9. The summed E-state index contributed by atoms with van der Waals surface area (Å²) in [5.41, 5.74) is -1.16. The maximum atomic E-state index is 12.9. The van der Waals surface area contributed by atoms with Gasteiger partial charge in [0, 0.05) is 28.8 Å². The molecule has 1 heterocycles. The Bertz CT molecular complexity index is 1220. The average molecular weight is 528 g/mol. The molecule has 2 aromatic carbocycles. The second-order valence-corrected chi connectivity index (χ2v) is 9.42. The van der Waals surface area contributed by atoms with Gasteiger partial charge in [0.25, 0.3) is 11.6 Å². The van der Waals surface area contributed by atoms with Gasteiger partial charge in [-0.25, -0.2) is 0 Å². The first-order valence-electron chi connectivity index (χ1n) is 11.9. The van der Waals surface area contributed by atoms with E-state index in [4.69, 9.17) is 4.74 Å². The topological polar surface area (TPSA) is 188 Å². The van der Waals surface area contributed by atoms with Crippen molar-refractivity contribution in [2.24, 2.45) is 5.92 Å². The van der Waals surface area contributed by atoms with Gasteiger partial charge in [-0.15, -0.1) is 0 Å². The molecule has 0 bridgehead atoms. The van der Waals surface area contributed by atoms with Gasteiger partial charge in [-0.3, -0.25) is 29.3 Å². The number of hydrogen-bond donors (Lipinski definition) is 4. The Morgan fingerprint density at radius 1 is 1.00 bits per heavy atom. The van der Waals surface area contributed by atoms with Gasteiger partial charge in [-0.05, 0) is 36.6 Å². The third kappa shape index (κ3) is 6.65. The Hall–Kier alpha value is -4.00. The number of amides is 2. The highest BCUT2D eigenvalue weighted by Gasteiger charge is 2.54. The highest BCUT2D eigenvalue weighted by molar-refractivity contribution is 6.10. The van der Waals surface area contributed by atoms with Gasteiger partial charge in [0.2, 0.25) is 5.91 Å². The Labute approximate surface area is 218 Å². The molecule has 1 saturated heterocycles. The molecular formula is C26H29N3O9. The first-order valence-corrected chi connectivity index (χ1v) is 11.9. The van der Waals surface area contributed by atoms with E-state index in [1.54, 1.807) is 0 Å². The quantitative estimate of drug-likeness (QED) is 0.126. The summed E-state index contributed by atoms with van der Waals surface area (Å²) in [7, 11) is 0. The number of carbonyl (C=O) groups excluding carboxylic acids is 4. The molecule has 38 heavy (non-hydrogen) atoms. The summed E-state index contributed by atoms with van der Waals surface area (Å²) >= 11 is 0. The van der Waals surface area contributed by atoms with E-state index < -0.39 is 59.2 Å². The molecule has 3 rings (SSSR count). The van der Waals surface area contributed by atoms with Crippen LogP contribution < -0.4 is 10.6 Å². The van der Waals surface area contributed by atoms with Gasteiger partial charge in [0.1, 0.15) is 6.04 Å². The van der Waals surface area contributed by atoms with Crippen LogP contribution in [-0.2, 0) is 14.3 Å². The largest absolute Gasteiger partial charge is 0.394 e. The normalized spacial score (nSPS) is 17.8. The van der Waals surface area contributed by atoms with Crippen molar-refractivity contribution in [3.05, 3.63) is 75.3 Å². The molecular weight excluding hydrogens is 498 g/mol. The van der Waals surface area contributed by atoms with Crippen molar-refractivity contribution in [3.8, 4) is 0 Å². The zero-order chi connectivity index (χ0) is 28.0. The summed E-state index contributed by atoms with van der Waals surface area (Å²) in [5.74, 6) is -2.49. The minimum absolute atomic E-state index is 0.0111. The number of ketones is 2. The molecule has 2 aromatic rings. The molecule has 0 aromatic heterocycles. The van der Waals surface area contributed by atoms with E-state index in [1.165, 1.54) is 48.5 Å². The minimum Gasteiger partial charge on any atom is -0.394 e. The Kier molecular flexibility index (Phi) is 9.04. The average Bonchev–Trinajstić information content (AvgIpc) is 3.71. The molecule has 202 valence electrons. The van der Waals surface area contributed by atoms with Crippen molar-refractivity contribution in [3.63, 3.8) is 0 Å². The number of carbonyl (C=O) groups is 4. The van der Waals surface area contributed by atoms with Crippen LogP contribution in [0.4, 0.5) is 5.69 Å². The van der Waals surface area contributed by atoms with E-state index in [9.17, 15) is 39.5 Å². The summed E-state index contributed by atoms with van der Waals surface area (Å²) in [4.78, 5) is 61.6. The number of ether oxygens (including phenoxy) is 1. The number of Topliss-reactive ketones (excluding diaryl/α,β-unsaturated/α-hetero) is 1. The first kappa shape index (κ1) is 28.6. The molecule has 1 fully saturated rings. The SMILES string of the molecule is CC(C)CC(NC(=O)[C@H](CO)NC(=O)c1cccc(C(=O)c2ccc([N+](=O)[O-])cc2)c1)C(=O)C1(CO)CO1. The van der Waals surface area contributed by atoms with Crippen molar-refractivity contribution in [2.75, 3.05) is 19.8 Å². The maximum Gasteiger partial charge on any atom is 0.269 e. The van der Waals surface area contributed by atoms with Crippen molar-refractivity contribution in [1.82, 2.24) is 10.6 Å². The molecule has 0 aliphatic carbocycles. The van der Waals surface area contributed by atoms with Crippen LogP contribution in [0.3, 0.4) is 0 Å². The number of aliphatic hydroxyl groups excluding tert-OH is 2. The summed E-state index contributed by atoms with van der Waals surface area (Å²) in [6.45, 7) is 2.46. The van der Waals surface area contributed by atoms with Crippen LogP contribution in [0.2, 0.25) is 0 Å². The fraction of sp³-hybridized carbons (Fsp3) is 0.385. The van der Waals surface area contributed by atoms with Crippen LogP contribution in [0.5, 0.6) is 0 Å². The molecule has 1 aliphatic rings. The second kappa shape index (κ2) is 12.0. The van der Waals surface area contributed by atoms with Crippen LogP contribution in [-0.4, -0.2) is 76.0 Å². The number of non-ortho nitro benzene ring substituents is 1. The summed E-state index contributed by atoms with van der Waals surface area (Å²) in [5, 5.41) is 35.0. The molecule has 12 heteroatoms. The number of nitrogens with zero attached hydrogens (tertiary/aromatic N) is 1. The van der Waals surface area contributed by atoms with Gasteiger partial charge < -0.3 is 25.6 Å². The third-order valence-electron chi connectivity index (χ3n) is 6.07. The minimum atomic E-state index is -1.40. The van der Waals surface area contributed by atoms with E-state index >= 15 is 0 Å². The third-order valence-corrected chi connectivity index (χ3v) is 6.07. The zero-order valence-corrected chi connectivity index (χ0v) is 20.9. The number of nitro benzene ring substituents is 1. The number of nitro groups is 1. The molecule has 0 radical (unpaired) electrons. The maximum absolute atomic E-state index is 12.9. The molecule has 12 nitrogen and oxygen atoms in total. The lowest BCUT2D eigenvalue weighted by Gasteiger charge is -2.24. The van der Waals surface area contributed by atoms with Crippen LogP contribution in [0.1, 0.15) is 46.5 Å². The van der Waals surface area contributed by atoms with Gasteiger partial charge >= 0.3 is 0 Å². The lowest BCUT2D eigenvalue weighted by Crippen LogP contribution is -2.55. The summed E-state index contributed by atoms with van der Waals surface area (Å²) in [6.07, 6.45) is 0.259. The van der Waals surface area contributed by atoms with Crippen LogP contribution >= 0.6 is 0 Å². The molecule has 2 amide bonds. The molecule has 2 unspecified atom stereocenters. The molecule has 3 atom stereocenters. The van der Waals surface area contributed by atoms with E-state index in [0.717, 1.165) is 0 Å². The van der Waals surface area contributed by atoms with Gasteiger partial charge in [0.15, 0.2) is 17.2 Å². The highest BCUT2D eigenvalue weighted by Crippen LogP contribution is 2.30. The number of epoxide rings is 1. The van der Waals surface area contributed by atoms with Gasteiger partial charge in [-0.2, -0.15) is 0 Å². The monoisotopic (exact) mass is 527 g/mol. The van der Waals surface area contributed by atoms with Crippen molar-refractivity contribution in [1.29, 1.82) is 0 Å². The summed E-state index contributed by atoms with van der Waals surface area (Å²) < 4.78 is 5.11. The van der Waals surface area contributed by atoms with E-state index in [1.807, 2.05) is 13.8 Å². The Morgan fingerprint density at radius 2 is 1.63 bits per heavy atom. The van der Waals surface area contributed by atoms with E-state index in [-0.39, 0.29) is 41.3 Å². The zero-order valence-electron chi connectivity index (χ0n) is 20.9. The lowest BCUT2D eigenvalue weighted by molar-refractivity contribution is -0.384. The molecule has 1 aliphatic heterocycles. The Balaban J connectivity index is 1.70. The lowest BCUT2D eigenvalue weighted by atomic mass is 9.92. The predicted molar refractivity (Wildman–Crippen MR) is 133 cm³/mol. The number of rotatable bonds is 13. The van der Waals surface area contributed by atoms with E-state index in [0.29, 0.717) is 0 Å².